The van der Waals surface area contributed by atoms with Gasteiger partial charge in [0.2, 0.25) is 5.82 Å². The van der Waals surface area contributed by atoms with Gasteiger partial charge in [-0.3, -0.25) is 9.48 Å². The Morgan fingerprint density at radius 3 is 2.82 bits per heavy atom. The number of amides is 1. The first kappa shape index (κ1) is 13.8. The molecule has 2 aromatic heterocycles. The van der Waals surface area contributed by atoms with Gasteiger partial charge in [-0.05, 0) is 12.8 Å². The molecule has 0 radical (unpaired) electrons. The van der Waals surface area contributed by atoms with E-state index in [1.807, 2.05) is 18.8 Å². The molecule has 0 spiro atoms. The van der Waals surface area contributed by atoms with Crippen molar-refractivity contribution >= 4 is 34.5 Å². The Hall–Kier alpha value is -1.83. The average Bonchev–Trinajstić information content (AvgIpc) is 3.29. The van der Waals surface area contributed by atoms with Crippen molar-refractivity contribution in [1.29, 1.82) is 0 Å². The molecule has 0 bridgehead atoms. The fourth-order valence-electron chi connectivity index (χ4n) is 2.60. The second-order valence-corrected chi connectivity index (χ2v) is 6.95. The number of rotatable bonds is 3. The van der Waals surface area contributed by atoms with E-state index in [1.165, 1.54) is 0 Å². The fourth-order valence-corrected chi connectivity index (χ4v) is 3.51. The summed E-state index contributed by atoms with van der Waals surface area (Å²) in [5, 5.41) is 8.15. The second kappa shape index (κ2) is 5.42. The normalized spacial score (nSPS) is 18.7. The van der Waals surface area contributed by atoms with Gasteiger partial charge in [0.15, 0.2) is 5.65 Å². The van der Waals surface area contributed by atoms with Gasteiger partial charge in [-0.2, -0.15) is 16.9 Å². The van der Waals surface area contributed by atoms with Crippen molar-refractivity contribution in [3.8, 4) is 0 Å². The predicted molar refractivity (Wildman–Crippen MR) is 86.3 cm³/mol. The zero-order valence-electron chi connectivity index (χ0n) is 12.4. The molecule has 1 aliphatic carbocycles. The van der Waals surface area contributed by atoms with Crippen LogP contribution in [0.4, 0.5) is 5.82 Å². The van der Waals surface area contributed by atoms with E-state index in [9.17, 15) is 4.79 Å². The monoisotopic (exact) mass is 318 g/mol. The van der Waals surface area contributed by atoms with Crippen LogP contribution in [0.15, 0.2) is 6.20 Å². The summed E-state index contributed by atoms with van der Waals surface area (Å²) in [6.45, 7) is 1.88. The van der Waals surface area contributed by atoms with Crippen molar-refractivity contribution in [2.45, 2.75) is 18.9 Å². The third kappa shape index (κ3) is 2.51. The third-order valence-corrected chi connectivity index (χ3v) is 4.94. The minimum Gasteiger partial charge on any atom is -0.354 e. The lowest BCUT2D eigenvalue weighted by Gasteiger charge is -2.27. The standard InChI is InChI=1S/C14H18N6OS/c1-19-12-10(8-15-19)13(20-4-6-22-7-5-20)18-11(17-12)14(21)16-9-2-3-9/h8-9H,2-7H2,1H3,(H,16,21). The number of hydrogen-bond acceptors (Lipinski definition) is 6. The van der Waals surface area contributed by atoms with E-state index in [0.29, 0.717) is 11.7 Å². The molecule has 2 aromatic rings. The summed E-state index contributed by atoms with van der Waals surface area (Å²) in [6, 6.07) is 0.299. The molecule has 2 fully saturated rings. The number of aryl methyl sites for hydroxylation is 1. The summed E-state index contributed by atoms with van der Waals surface area (Å²) in [5.74, 6) is 3.05. The highest BCUT2D eigenvalue weighted by Gasteiger charge is 2.27. The maximum atomic E-state index is 12.3. The maximum absolute atomic E-state index is 12.3. The highest BCUT2D eigenvalue weighted by Crippen LogP contribution is 2.26. The molecular weight excluding hydrogens is 300 g/mol. The van der Waals surface area contributed by atoms with E-state index in [0.717, 1.165) is 48.6 Å². The first-order valence-corrected chi connectivity index (χ1v) is 8.71. The van der Waals surface area contributed by atoms with Crippen LogP contribution in [0.5, 0.6) is 0 Å². The van der Waals surface area contributed by atoms with Crippen LogP contribution in [0.25, 0.3) is 11.0 Å². The Labute approximate surface area is 132 Å². The number of thioether (sulfide) groups is 1. The van der Waals surface area contributed by atoms with Gasteiger partial charge in [0.1, 0.15) is 5.82 Å². The van der Waals surface area contributed by atoms with Gasteiger partial charge >= 0.3 is 0 Å². The summed E-state index contributed by atoms with van der Waals surface area (Å²) in [5.41, 5.74) is 0.712. The molecule has 1 N–H and O–H groups in total. The Morgan fingerprint density at radius 2 is 2.09 bits per heavy atom. The van der Waals surface area contributed by atoms with Gasteiger partial charge in [0.05, 0.1) is 11.6 Å². The molecule has 0 aromatic carbocycles. The molecule has 2 aliphatic rings. The Balaban J connectivity index is 1.76. The van der Waals surface area contributed by atoms with Crippen LogP contribution in [0.2, 0.25) is 0 Å². The van der Waals surface area contributed by atoms with Gasteiger partial charge in [-0.25, -0.2) is 9.97 Å². The predicted octanol–water partition coefficient (Wildman–Crippen LogP) is 0.809. The molecule has 116 valence electrons. The van der Waals surface area contributed by atoms with E-state index in [4.69, 9.17) is 0 Å². The summed E-state index contributed by atoms with van der Waals surface area (Å²) in [7, 11) is 1.84. The summed E-state index contributed by atoms with van der Waals surface area (Å²) < 4.78 is 1.70. The zero-order chi connectivity index (χ0) is 15.1. The summed E-state index contributed by atoms with van der Waals surface area (Å²) in [4.78, 5) is 23.5. The number of carbonyl (C=O) groups excluding carboxylic acids is 1. The molecule has 1 saturated heterocycles. The first-order valence-electron chi connectivity index (χ1n) is 7.55. The minimum absolute atomic E-state index is 0.182. The molecule has 1 amide bonds. The van der Waals surface area contributed by atoms with Gasteiger partial charge in [0, 0.05) is 37.7 Å². The van der Waals surface area contributed by atoms with Crippen LogP contribution in [0.3, 0.4) is 0 Å². The molecule has 1 aliphatic heterocycles. The number of anilines is 1. The van der Waals surface area contributed by atoms with E-state index < -0.39 is 0 Å². The molecule has 1 saturated carbocycles. The van der Waals surface area contributed by atoms with E-state index in [-0.39, 0.29) is 11.7 Å². The van der Waals surface area contributed by atoms with Crippen molar-refractivity contribution in [2.24, 2.45) is 7.05 Å². The van der Waals surface area contributed by atoms with Gasteiger partial charge in [-0.15, -0.1) is 0 Å². The number of hydrogen-bond donors (Lipinski definition) is 1. The topological polar surface area (TPSA) is 75.9 Å². The average molecular weight is 318 g/mol. The third-order valence-electron chi connectivity index (χ3n) is 4.00. The van der Waals surface area contributed by atoms with Crippen molar-refractivity contribution in [1.82, 2.24) is 25.1 Å². The highest BCUT2D eigenvalue weighted by molar-refractivity contribution is 7.99. The number of aromatic nitrogens is 4. The molecule has 7 nitrogen and oxygen atoms in total. The Kier molecular flexibility index (Phi) is 3.40. The number of carbonyl (C=O) groups is 1. The minimum atomic E-state index is -0.182. The van der Waals surface area contributed by atoms with Crippen molar-refractivity contribution in [3.05, 3.63) is 12.0 Å². The van der Waals surface area contributed by atoms with E-state index >= 15 is 0 Å². The largest absolute Gasteiger partial charge is 0.354 e. The molecule has 4 rings (SSSR count). The van der Waals surface area contributed by atoms with Crippen molar-refractivity contribution < 1.29 is 4.79 Å². The van der Waals surface area contributed by atoms with Crippen molar-refractivity contribution in [3.63, 3.8) is 0 Å². The van der Waals surface area contributed by atoms with Crippen LogP contribution in [-0.2, 0) is 7.05 Å². The molecule has 22 heavy (non-hydrogen) atoms. The fraction of sp³-hybridized carbons (Fsp3) is 0.571. The highest BCUT2D eigenvalue weighted by atomic mass is 32.2. The van der Waals surface area contributed by atoms with Crippen LogP contribution in [0, 0.1) is 0 Å². The quantitative estimate of drug-likeness (QED) is 0.902. The second-order valence-electron chi connectivity index (χ2n) is 5.72. The molecule has 0 atom stereocenters. The van der Waals surface area contributed by atoms with Crippen LogP contribution in [0.1, 0.15) is 23.5 Å². The van der Waals surface area contributed by atoms with Gasteiger partial charge < -0.3 is 10.2 Å². The smallest absolute Gasteiger partial charge is 0.289 e. The van der Waals surface area contributed by atoms with Crippen molar-refractivity contribution in [2.75, 3.05) is 29.5 Å². The maximum Gasteiger partial charge on any atom is 0.289 e. The summed E-state index contributed by atoms with van der Waals surface area (Å²) >= 11 is 1.95. The SMILES string of the molecule is Cn1ncc2c(N3CCSCC3)nc(C(=O)NC3CC3)nc21. The van der Waals surface area contributed by atoms with E-state index in [2.05, 4.69) is 25.3 Å². The van der Waals surface area contributed by atoms with Crippen LogP contribution in [-0.4, -0.2) is 56.3 Å². The van der Waals surface area contributed by atoms with Gasteiger partial charge in [-0.1, -0.05) is 0 Å². The molecule has 8 heteroatoms. The lowest BCUT2D eigenvalue weighted by atomic mass is 10.3. The van der Waals surface area contributed by atoms with Crippen LogP contribution >= 0.6 is 11.8 Å². The molecular formula is C14H18N6OS. The van der Waals surface area contributed by atoms with Crippen LogP contribution < -0.4 is 10.2 Å². The number of nitrogens with zero attached hydrogens (tertiary/aromatic N) is 5. The van der Waals surface area contributed by atoms with Gasteiger partial charge in [0.25, 0.3) is 5.91 Å². The Bertz CT molecular complexity index is 719. The molecule has 0 unspecified atom stereocenters. The Morgan fingerprint density at radius 1 is 1.32 bits per heavy atom. The van der Waals surface area contributed by atoms with E-state index in [1.54, 1.807) is 10.9 Å². The summed E-state index contributed by atoms with van der Waals surface area (Å²) in [6.07, 6.45) is 3.89. The number of fused-ring (bicyclic) bond motifs is 1. The zero-order valence-corrected chi connectivity index (χ0v) is 13.3. The lowest BCUT2D eigenvalue weighted by molar-refractivity contribution is 0.0941. The lowest BCUT2D eigenvalue weighted by Crippen LogP contribution is -2.34. The molecule has 3 heterocycles. The first-order chi connectivity index (χ1) is 10.7. The number of nitrogens with one attached hydrogen (secondary N) is 1.